The van der Waals surface area contributed by atoms with Crippen LogP contribution in [0.15, 0.2) is 21.9 Å². The van der Waals surface area contributed by atoms with Crippen molar-refractivity contribution in [1.29, 1.82) is 0 Å². The van der Waals surface area contributed by atoms with Gasteiger partial charge in [-0.2, -0.15) is 0 Å². The lowest BCUT2D eigenvalue weighted by molar-refractivity contribution is -0.0673. The van der Waals surface area contributed by atoms with E-state index in [0.29, 0.717) is 0 Å². The minimum absolute atomic E-state index is 0.604. The second kappa shape index (κ2) is 4.57. The van der Waals surface area contributed by atoms with E-state index in [-0.39, 0.29) is 0 Å². The Morgan fingerprint density at radius 3 is 2.78 bits per heavy atom. The van der Waals surface area contributed by atoms with Crippen LogP contribution in [-0.4, -0.2) is 44.8 Å². The highest BCUT2D eigenvalue weighted by Crippen LogP contribution is 2.41. The molecule has 0 aliphatic carbocycles. The molecule has 9 heteroatoms. The number of nitrogens with one attached hydrogen (secondary N) is 1. The van der Waals surface area contributed by atoms with Crippen molar-refractivity contribution >= 4 is 15.9 Å². The van der Waals surface area contributed by atoms with Gasteiger partial charge >= 0.3 is 5.69 Å². The number of aliphatic hydroxyl groups excluding tert-OH is 2. The van der Waals surface area contributed by atoms with E-state index in [1.807, 2.05) is 4.98 Å². The van der Waals surface area contributed by atoms with Crippen molar-refractivity contribution in [1.82, 2.24) is 9.55 Å². The number of aliphatic hydroxyl groups is 2. The Morgan fingerprint density at radius 1 is 1.61 bits per heavy atom. The quantitative estimate of drug-likeness (QED) is 0.582. The fourth-order valence-electron chi connectivity index (χ4n) is 1.74. The summed E-state index contributed by atoms with van der Waals surface area (Å²) in [7, 11) is 0. The van der Waals surface area contributed by atoms with Crippen molar-refractivity contribution in [2.24, 2.45) is 0 Å². The molecule has 1 saturated heterocycles. The topological polar surface area (TPSA) is 105 Å². The molecule has 1 fully saturated rings. The number of aromatic nitrogens is 2. The number of halogens is 2. The second-order valence-electron chi connectivity index (χ2n) is 3.82. The molecule has 2 heterocycles. The predicted octanol–water partition coefficient (Wildman–Crippen LogP) is -1.37. The van der Waals surface area contributed by atoms with Gasteiger partial charge in [0.15, 0.2) is 6.17 Å². The largest absolute Gasteiger partial charge is 0.394 e. The molecule has 3 N–H and O–H groups in total. The molecule has 0 bridgehead atoms. The number of hydrogen-bond donors (Lipinski definition) is 3. The summed E-state index contributed by atoms with van der Waals surface area (Å²) in [6, 6.07) is 1.01. The molecule has 0 radical (unpaired) electrons. The highest BCUT2D eigenvalue weighted by molar-refractivity contribution is 9.09. The number of hydrogen-bond acceptors (Lipinski definition) is 5. The van der Waals surface area contributed by atoms with E-state index in [0.717, 1.165) is 16.8 Å². The molecule has 1 aromatic rings. The van der Waals surface area contributed by atoms with E-state index in [9.17, 15) is 19.1 Å². The fraction of sp³-hybridized carbons (Fsp3) is 0.556. The summed E-state index contributed by atoms with van der Waals surface area (Å²) in [5, 5.41) is 18.5. The number of rotatable bonds is 2. The normalized spacial score (nSPS) is 35.9. The van der Waals surface area contributed by atoms with Gasteiger partial charge in [-0.15, -0.1) is 0 Å². The lowest BCUT2D eigenvalue weighted by Gasteiger charge is -2.25. The minimum atomic E-state index is -1.99. The van der Waals surface area contributed by atoms with Crippen LogP contribution in [0, 0.1) is 0 Å². The third-order valence-electron chi connectivity index (χ3n) is 2.67. The van der Waals surface area contributed by atoms with Crippen molar-refractivity contribution in [3.63, 3.8) is 0 Å². The van der Waals surface area contributed by atoms with Gasteiger partial charge in [0, 0.05) is 12.3 Å². The van der Waals surface area contributed by atoms with E-state index in [1.165, 1.54) is 0 Å². The van der Waals surface area contributed by atoms with Crippen LogP contribution < -0.4 is 11.2 Å². The Hall–Kier alpha value is -1.03. The van der Waals surface area contributed by atoms with E-state index in [4.69, 9.17) is 9.84 Å². The van der Waals surface area contributed by atoms with Crippen LogP contribution in [0.1, 0.15) is 0 Å². The monoisotopic (exact) mass is 324 g/mol. The van der Waals surface area contributed by atoms with Crippen molar-refractivity contribution in [3.05, 3.63) is 33.1 Å². The molecule has 0 amide bonds. The van der Waals surface area contributed by atoms with E-state index in [1.54, 1.807) is 0 Å². The van der Waals surface area contributed by atoms with Gasteiger partial charge in [0.05, 0.1) is 6.61 Å². The summed E-state index contributed by atoms with van der Waals surface area (Å²) in [4.78, 5) is 24.4. The smallest absolute Gasteiger partial charge is 0.331 e. The number of alkyl halides is 2. The molecule has 7 nitrogen and oxygen atoms in total. The molecular formula is C9H10BrFN2O5. The molecule has 2 rings (SSSR count). The highest BCUT2D eigenvalue weighted by Gasteiger charge is 2.55. The molecule has 0 unspecified atom stereocenters. The molecule has 1 aliphatic rings. The summed E-state index contributed by atoms with van der Waals surface area (Å²) in [6.07, 6.45) is -3.71. The standard InChI is InChI=1S/C9H10BrFN2O5/c10-9(7(11)6(16)4(3-14)18-9)13-2-1-5(15)12-8(13)17/h1-2,4,6-7,14,16H,3H2,(H,12,15,17)/t4-,6-,7-,9+/m1/s1. The lowest BCUT2D eigenvalue weighted by atomic mass is 10.1. The summed E-state index contributed by atoms with van der Waals surface area (Å²) < 4.78 is 17.9. The molecule has 4 atom stereocenters. The summed E-state index contributed by atoms with van der Waals surface area (Å²) in [5.41, 5.74) is -1.53. The zero-order valence-electron chi connectivity index (χ0n) is 8.92. The van der Waals surface area contributed by atoms with Crippen LogP contribution in [0.2, 0.25) is 0 Å². The van der Waals surface area contributed by atoms with Gasteiger partial charge in [-0.1, -0.05) is 0 Å². The van der Waals surface area contributed by atoms with Crippen LogP contribution in [0.5, 0.6) is 0 Å². The maximum atomic E-state index is 14.0. The van der Waals surface area contributed by atoms with Gasteiger partial charge in [-0.3, -0.25) is 14.3 Å². The first kappa shape index (κ1) is 13.4. The first-order chi connectivity index (χ1) is 8.40. The Morgan fingerprint density at radius 2 is 2.28 bits per heavy atom. The van der Waals surface area contributed by atoms with Crippen LogP contribution in [-0.2, 0) is 9.37 Å². The molecule has 0 saturated carbocycles. The van der Waals surface area contributed by atoms with E-state index < -0.39 is 40.9 Å². The van der Waals surface area contributed by atoms with Crippen LogP contribution >= 0.6 is 15.9 Å². The first-order valence-corrected chi connectivity index (χ1v) is 5.81. The van der Waals surface area contributed by atoms with Crippen LogP contribution in [0.3, 0.4) is 0 Å². The molecular weight excluding hydrogens is 315 g/mol. The van der Waals surface area contributed by atoms with Gasteiger partial charge < -0.3 is 14.9 Å². The molecule has 0 spiro atoms. The molecule has 1 aliphatic heterocycles. The van der Waals surface area contributed by atoms with E-state index >= 15 is 0 Å². The fourth-order valence-corrected chi connectivity index (χ4v) is 2.53. The van der Waals surface area contributed by atoms with Gasteiger partial charge in [0.2, 0.25) is 4.63 Å². The first-order valence-electron chi connectivity index (χ1n) is 5.02. The summed E-state index contributed by atoms with van der Waals surface area (Å²) in [5.74, 6) is 0. The van der Waals surface area contributed by atoms with Gasteiger partial charge in [-0.05, 0) is 15.9 Å². The number of aromatic amines is 1. The van der Waals surface area contributed by atoms with Gasteiger partial charge in [0.1, 0.15) is 12.2 Å². The van der Waals surface area contributed by atoms with Gasteiger partial charge in [-0.25, -0.2) is 9.18 Å². The van der Waals surface area contributed by atoms with E-state index in [2.05, 4.69) is 15.9 Å². The summed E-state index contributed by atoms with van der Waals surface area (Å²) in [6.45, 7) is -0.604. The summed E-state index contributed by atoms with van der Waals surface area (Å²) >= 11 is 2.89. The Labute approximate surface area is 108 Å². The van der Waals surface area contributed by atoms with Crippen molar-refractivity contribution in [2.45, 2.75) is 23.0 Å². The van der Waals surface area contributed by atoms with Crippen LogP contribution in [0.25, 0.3) is 0 Å². The third kappa shape index (κ3) is 1.92. The number of nitrogens with zero attached hydrogens (tertiary/aromatic N) is 1. The van der Waals surface area contributed by atoms with Crippen molar-refractivity contribution in [3.8, 4) is 0 Å². The molecule has 1 aromatic heterocycles. The maximum absolute atomic E-state index is 14.0. The van der Waals surface area contributed by atoms with Crippen molar-refractivity contribution < 1.29 is 19.3 Å². The van der Waals surface area contributed by atoms with Crippen molar-refractivity contribution in [2.75, 3.05) is 6.61 Å². The Bertz CT molecular complexity index is 560. The molecule has 0 aromatic carbocycles. The number of H-pyrrole nitrogens is 1. The average molecular weight is 325 g/mol. The Balaban J connectivity index is 2.49. The zero-order chi connectivity index (χ0) is 13.5. The zero-order valence-corrected chi connectivity index (χ0v) is 10.5. The minimum Gasteiger partial charge on any atom is -0.394 e. The molecule has 100 valence electrons. The highest BCUT2D eigenvalue weighted by atomic mass is 79.9. The molecule has 18 heavy (non-hydrogen) atoms. The SMILES string of the molecule is O=c1ccn([C@]2(Br)O[C@H](CO)[C@@H](O)[C@H]2F)c(=O)[nH]1. The third-order valence-corrected chi connectivity index (χ3v) is 3.68. The van der Waals surface area contributed by atoms with Gasteiger partial charge in [0.25, 0.3) is 5.56 Å². The maximum Gasteiger partial charge on any atom is 0.331 e. The second-order valence-corrected chi connectivity index (χ2v) is 4.96. The predicted molar refractivity (Wildman–Crippen MR) is 61.1 cm³/mol. The number of ether oxygens (including phenoxy) is 1. The lowest BCUT2D eigenvalue weighted by Crippen LogP contribution is -2.45. The average Bonchev–Trinajstić information content (AvgIpc) is 2.54. The Kier molecular flexibility index (Phi) is 3.41. The van der Waals surface area contributed by atoms with Crippen LogP contribution in [0.4, 0.5) is 4.39 Å².